The molecular formula is C13H11F3N4O3. The van der Waals surface area contributed by atoms with E-state index >= 15 is 0 Å². The van der Waals surface area contributed by atoms with Gasteiger partial charge < -0.3 is 10.4 Å². The number of rotatable bonds is 5. The molecule has 0 saturated carbocycles. The molecular weight excluding hydrogens is 317 g/mol. The van der Waals surface area contributed by atoms with E-state index in [1.165, 1.54) is 24.3 Å². The summed E-state index contributed by atoms with van der Waals surface area (Å²) in [4.78, 5) is 16.9. The van der Waals surface area contributed by atoms with E-state index in [-0.39, 0.29) is 18.2 Å². The van der Waals surface area contributed by atoms with Crippen LogP contribution in [-0.4, -0.2) is 26.5 Å². The summed E-state index contributed by atoms with van der Waals surface area (Å²) < 4.78 is 37.5. The molecule has 0 aliphatic rings. The fourth-order valence-electron chi connectivity index (χ4n) is 1.73. The number of alkyl halides is 3. The molecule has 0 spiro atoms. The van der Waals surface area contributed by atoms with Crippen LogP contribution in [0.5, 0.6) is 0 Å². The minimum atomic E-state index is -4.59. The number of halogens is 3. The number of benzene rings is 1. The van der Waals surface area contributed by atoms with Crippen molar-refractivity contribution in [1.82, 2.24) is 9.97 Å². The van der Waals surface area contributed by atoms with Crippen LogP contribution in [0.4, 0.5) is 24.8 Å². The minimum absolute atomic E-state index is 0.130. The summed E-state index contributed by atoms with van der Waals surface area (Å²) in [6.07, 6.45) is -4.72. The Morgan fingerprint density at radius 2 is 1.91 bits per heavy atom. The highest BCUT2D eigenvalue weighted by Gasteiger charge is 2.32. The third kappa shape index (κ3) is 4.36. The number of nitro groups is 1. The number of hydrogen-bond acceptors (Lipinski definition) is 6. The van der Waals surface area contributed by atoms with E-state index in [1.807, 2.05) is 0 Å². The summed E-state index contributed by atoms with van der Waals surface area (Å²) >= 11 is 0. The van der Waals surface area contributed by atoms with Crippen LogP contribution >= 0.6 is 0 Å². The van der Waals surface area contributed by atoms with E-state index in [1.54, 1.807) is 0 Å². The van der Waals surface area contributed by atoms with Gasteiger partial charge in [0.2, 0.25) is 5.95 Å². The molecule has 1 atom stereocenters. The van der Waals surface area contributed by atoms with Gasteiger partial charge in [-0.25, -0.2) is 9.97 Å². The smallest absolute Gasteiger partial charge is 0.387 e. The van der Waals surface area contributed by atoms with Gasteiger partial charge in [-0.05, 0) is 23.8 Å². The summed E-state index contributed by atoms with van der Waals surface area (Å²) in [6.45, 7) is -0.154. The van der Waals surface area contributed by atoms with Gasteiger partial charge in [0.15, 0.2) is 0 Å². The molecule has 0 fully saturated rings. The molecule has 0 radical (unpaired) electrons. The largest absolute Gasteiger partial charge is 0.433 e. The number of nitro benzene ring substituents is 1. The Hall–Kier alpha value is -2.75. The highest BCUT2D eigenvalue weighted by atomic mass is 19.4. The lowest BCUT2D eigenvalue weighted by atomic mass is 10.1. The fraction of sp³-hybridized carbons (Fsp3) is 0.231. The topological polar surface area (TPSA) is 101 Å². The van der Waals surface area contributed by atoms with E-state index in [0.29, 0.717) is 5.56 Å². The molecule has 1 heterocycles. The zero-order valence-corrected chi connectivity index (χ0v) is 11.5. The second-order valence-corrected chi connectivity index (χ2v) is 4.51. The first-order chi connectivity index (χ1) is 10.8. The molecule has 1 aromatic heterocycles. The van der Waals surface area contributed by atoms with E-state index in [2.05, 4.69) is 15.3 Å². The van der Waals surface area contributed by atoms with Crippen LogP contribution in [0.2, 0.25) is 0 Å². The monoisotopic (exact) mass is 328 g/mol. The Morgan fingerprint density at radius 1 is 1.26 bits per heavy atom. The molecule has 2 aromatic rings. The standard InChI is InChI=1S/C13H11F3N4O3/c14-13(15,16)11-5-6-17-12(19-11)18-7-10(21)8-1-3-9(4-2-8)20(22)23/h1-6,10,21H,7H2,(H,17,18,19). The van der Waals surface area contributed by atoms with Gasteiger partial charge in [-0.15, -0.1) is 0 Å². The third-order valence-corrected chi connectivity index (χ3v) is 2.89. The van der Waals surface area contributed by atoms with Gasteiger partial charge in [0, 0.05) is 24.9 Å². The fourth-order valence-corrected chi connectivity index (χ4v) is 1.73. The van der Waals surface area contributed by atoms with Gasteiger partial charge in [-0.2, -0.15) is 13.2 Å². The number of anilines is 1. The average molecular weight is 328 g/mol. The molecule has 0 amide bonds. The van der Waals surface area contributed by atoms with Crippen molar-refractivity contribution in [2.24, 2.45) is 0 Å². The summed E-state index contributed by atoms with van der Waals surface area (Å²) in [5.41, 5.74) is -0.856. The number of aromatic nitrogens is 2. The SMILES string of the molecule is O=[N+]([O-])c1ccc(C(O)CNc2nccc(C(F)(F)F)n2)cc1. The molecule has 122 valence electrons. The van der Waals surface area contributed by atoms with Gasteiger partial charge in [0.25, 0.3) is 5.69 Å². The first kappa shape index (κ1) is 16.6. The lowest BCUT2D eigenvalue weighted by molar-refractivity contribution is -0.384. The number of hydrogen-bond donors (Lipinski definition) is 2. The first-order valence-electron chi connectivity index (χ1n) is 6.34. The Bertz CT molecular complexity index is 692. The second kappa shape index (κ2) is 6.57. The van der Waals surface area contributed by atoms with Crippen LogP contribution in [0.25, 0.3) is 0 Å². The molecule has 2 rings (SSSR count). The summed E-state index contributed by atoms with van der Waals surface area (Å²) in [7, 11) is 0. The predicted octanol–water partition coefficient (Wildman–Crippen LogP) is 2.55. The molecule has 1 unspecified atom stereocenters. The van der Waals surface area contributed by atoms with Crippen molar-refractivity contribution in [1.29, 1.82) is 0 Å². The summed E-state index contributed by atoms with van der Waals surface area (Å²) in [5.74, 6) is -0.277. The van der Waals surface area contributed by atoms with Gasteiger partial charge in [0.05, 0.1) is 11.0 Å². The van der Waals surface area contributed by atoms with Gasteiger partial charge in [-0.3, -0.25) is 10.1 Å². The molecule has 0 aliphatic carbocycles. The molecule has 1 aromatic carbocycles. The van der Waals surface area contributed by atoms with Crippen LogP contribution < -0.4 is 5.32 Å². The Kier molecular flexibility index (Phi) is 4.74. The minimum Gasteiger partial charge on any atom is -0.387 e. The van der Waals surface area contributed by atoms with Crippen LogP contribution in [0.15, 0.2) is 36.5 Å². The van der Waals surface area contributed by atoms with Crippen molar-refractivity contribution in [2.45, 2.75) is 12.3 Å². The van der Waals surface area contributed by atoms with E-state index in [4.69, 9.17) is 0 Å². The Morgan fingerprint density at radius 3 is 2.48 bits per heavy atom. The van der Waals surface area contributed by atoms with Gasteiger partial charge in [0.1, 0.15) is 5.69 Å². The highest BCUT2D eigenvalue weighted by Crippen LogP contribution is 2.27. The number of aliphatic hydroxyl groups is 1. The second-order valence-electron chi connectivity index (χ2n) is 4.51. The maximum Gasteiger partial charge on any atom is 0.433 e. The highest BCUT2D eigenvalue weighted by molar-refractivity contribution is 5.35. The number of non-ortho nitro benzene ring substituents is 1. The lowest BCUT2D eigenvalue weighted by Crippen LogP contribution is -2.16. The van der Waals surface area contributed by atoms with E-state index in [0.717, 1.165) is 12.3 Å². The number of nitrogens with zero attached hydrogens (tertiary/aromatic N) is 3. The van der Waals surface area contributed by atoms with Crippen molar-refractivity contribution in [3.05, 3.63) is 57.9 Å². The number of aliphatic hydroxyl groups excluding tert-OH is 1. The van der Waals surface area contributed by atoms with Crippen molar-refractivity contribution in [2.75, 3.05) is 11.9 Å². The molecule has 7 nitrogen and oxygen atoms in total. The normalized spacial score (nSPS) is 12.7. The molecule has 0 bridgehead atoms. The van der Waals surface area contributed by atoms with E-state index in [9.17, 15) is 28.4 Å². The molecule has 10 heteroatoms. The molecule has 0 saturated heterocycles. The maximum atomic E-state index is 12.5. The lowest BCUT2D eigenvalue weighted by Gasteiger charge is -2.13. The Balaban J connectivity index is 2.01. The van der Waals surface area contributed by atoms with Crippen molar-refractivity contribution in [3.63, 3.8) is 0 Å². The van der Waals surface area contributed by atoms with Gasteiger partial charge >= 0.3 is 6.18 Å². The van der Waals surface area contributed by atoms with Crippen LogP contribution in [-0.2, 0) is 6.18 Å². The van der Waals surface area contributed by atoms with Crippen molar-refractivity contribution in [3.8, 4) is 0 Å². The maximum absolute atomic E-state index is 12.5. The van der Waals surface area contributed by atoms with Gasteiger partial charge in [-0.1, -0.05) is 0 Å². The summed E-state index contributed by atoms with van der Waals surface area (Å²) in [6, 6.07) is 5.89. The third-order valence-electron chi connectivity index (χ3n) is 2.89. The first-order valence-corrected chi connectivity index (χ1v) is 6.34. The van der Waals surface area contributed by atoms with Crippen LogP contribution in [0.3, 0.4) is 0 Å². The van der Waals surface area contributed by atoms with E-state index < -0.39 is 22.9 Å². The molecule has 2 N–H and O–H groups in total. The van der Waals surface area contributed by atoms with Crippen LogP contribution in [0.1, 0.15) is 17.4 Å². The quantitative estimate of drug-likeness (QED) is 0.646. The molecule has 23 heavy (non-hydrogen) atoms. The van der Waals surface area contributed by atoms with Crippen molar-refractivity contribution >= 4 is 11.6 Å². The predicted molar refractivity (Wildman–Crippen MR) is 73.6 cm³/mol. The Labute approximate surface area is 128 Å². The molecule has 0 aliphatic heterocycles. The van der Waals surface area contributed by atoms with Crippen LogP contribution in [0, 0.1) is 10.1 Å². The zero-order chi connectivity index (χ0) is 17.0. The number of nitrogens with one attached hydrogen (secondary N) is 1. The zero-order valence-electron chi connectivity index (χ0n) is 11.5. The average Bonchev–Trinajstić information content (AvgIpc) is 2.52. The van der Waals surface area contributed by atoms with Crippen molar-refractivity contribution < 1.29 is 23.2 Å². The summed E-state index contributed by atoms with van der Waals surface area (Å²) in [5, 5.41) is 22.9.